The highest BCUT2D eigenvalue weighted by Crippen LogP contribution is 2.34. The second-order valence-corrected chi connectivity index (χ2v) is 5.16. The van der Waals surface area contributed by atoms with Crippen LogP contribution >= 0.6 is 0 Å². The maximum Gasteiger partial charge on any atom is 0.418 e. The molecule has 1 heterocycles. The van der Waals surface area contributed by atoms with E-state index >= 15 is 0 Å². The van der Waals surface area contributed by atoms with Crippen LogP contribution in [0.1, 0.15) is 24.1 Å². The lowest BCUT2D eigenvalue weighted by atomic mass is 10.1. The second kappa shape index (κ2) is 6.28. The predicted octanol–water partition coefficient (Wildman–Crippen LogP) is 3.38. The summed E-state index contributed by atoms with van der Waals surface area (Å²) in [7, 11) is 0. The molecule has 1 aromatic carbocycles. The fraction of sp³-hybridized carbons (Fsp3) is 0.250. The molecule has 0 radical (unpaired) electrons. The first-order valence-corrected chi connectivity index (χ1v) is 6.86. The first-order chi connectivity index (χ1) is 10.7. The van der Waals surface area contributed by atoms with E-state index in [1.165, 1.54) is 42.0 Å². The first kappa shape index (κ1) is 16.8. The topological polar surface area (TPSA) is 51.1 Å². The van der Waals surface area contributed by atoms with Crippen LogP contribution < -0.4 is 10.9 Å². The lowest BCUT2D eigenvalue weighted by Crippen LogP contribution is -2.31. The number of para-hydroxylation sites is 1. The summed E-state index contributed by atoms with van der Waals surface area (Å²) in [5, 5.41) is 2.24. The van der Waals surface area contributed by atoms with Crippen molar-refractivity contribution in [1.82, 2.24) is 4.57 Å². The lowest BCUT2D eigenvalue weighted by molar-refractivity contribution is -0.137. The molecule has 23 heavy (non-hydrogen) atoms. The Morgan fingerprint density at radius 2 is 1.83 bits per heavy atom. The van der Waals surface area contributed by atoms with Crippen LogP contribution in [-0.2, 0) is 11.0 Å². The number of rotatable bonds is 3. The Balaban J connectivity index is 2.30. The molecule has 0 aliphatic rings. The molecule has 1 atom stereocenters. The highest BCUT2D eigenvalue weighted by Gasteiger charge is 2.34. The zero-order valence-electron chi connectivity index (χ0n) is 12.5. The van der Waals surface area contributed by atoms with Gasteiger partial charge in [0, 0.05) is 12.3 Å². The molecular weight excluding hydrogens is 309 g/mol. The number of halogens is 3. The molecule has 0 saturated heterocycles. The van der Waals surface area contributed by atoms with Gasteiger partial charge < -0.3 is 9.88 Å². The molecular formula is C16H15F3N2O2. The van der Waals surface area contributed by atoms with E-state index in [0.29, 0.717) is 0 Å². The van der Waals surface area contributed by atoms with Gasteiger partial charge in [-0.3, -0.25) is 9.59 Å². The Morgan fingerprint density at radius 1 is 1.17 bits per heavy atom. The standard InChI is InChI=1S/C16H15F3N2O2/c1-10-7-8-14(22)21(9-10)11(2)15(23)20-13-6-4-3-5-12(13)16(17,18)19/h3-9,11H,1-2H3,(H,20,23). The molecule has 1 unspecified atom stereocenters. The van der Waals surface area contributed by atoms with Crippen molar-refractivity contribution >= 4 is 11.6 Å². The molecule has 7 heteroatoms. The van der Waals surface area contributed by atoms with Crippen molar-refractivity contribution in [3.63, 3.8) is 0 Å². The summed E-state index contributed by atoms with van der Waals surface area (Å²) < 4.78 is 40.0. The van der Waals surface area contributed by atoms with Gasteiger partial charge in [-0.2, -0.15) is 13.2 Å². The van der Waals surface area contributed by atoms with Crippen molar-refractivity contribution < 1.29 is 18.0 Å². The van der Waals surface area contributed by atoms with Gasteiger partial charge in [-0.1, -0.05) is 18.2 Å². The van der Waals surface area contributed by atoms with Gasteiger partial charge in [0.15, 0.2) is 0 Å². The zero-order chi connectivity index (χ0) is 17.2. The molecule has 0 saturated carbocycles. The minimum atomic E-state index is -4.58. The lowest BCUT2D eigenvalue weighted by Gasteiger charge is -2.18. The highest BCUT2D eigenvalue weighted by atomic mass is 19.4. The smallest absolute Gasteiger partial charge is 0.324 e. The highest BCUT2D eigenvalue weighted by molar-refractivity contribution is 5.94. The molecule has 122 valence electrons. The summed E-state index contributed by atoms with van der Waals surface area (Å²) in [5.41, 5.74) is -0.906. The molecule has 2 aromatic rings. The van der Waals surface area contributed by atoms with Gasteiger partial charge in [0.2, 0.25) is 5.91 Å². The average Bonchev–Trinajstić information content (AvgIpc) is 2.48. The normalized spacial score (nSPS) is 12.7. The molecule has 1 aromatic heterocycles. The number of alkyl halides is 3. The van der Waals surface area contributed by atoms with Gasteiger partial charge in [0.1, 0.15) is 6.04 Å². The third-order valence-corrected chi connectivity index (χ3v) is 3.37. The average molecular weight is 324 g/mol. The van der Waals surface area contributed by atoms with Crippen LogP contribution in [0.2, 0.25) is 0 Å². The van der Waals surface area contributed by atoms with E-state index in [4.69, 9.17) is 0 Å². The van der Waals surface area contributed by atoms with E-state index in [0.717, 1.165) is 11.6 Å². The molecule has 0 spiro atoms. The molecule has 1 amide bonds. The quantitative estimate of drug-likeness (QED) is 0.941. The number of nitrogens with zero attached hydrogens (tertiary/aromatic N) is 1. The number of benzene rings is 1. The molecule has 1 N–H and O–H groups in total. The largest absolute Gasteiger partial charge is 0.418 e. The van der Waals surface area contributed by atoms with Crippen molar-refractivity contribution in [3.8, 4) is 0 Å². The fourth-order valence-corrected chi connectivity index (χ4v) is 2.12. The minimum Gasteiger partial charge on any atom is -0.324 e. The number of aryl methyl sites for hydroxylation is 1. The van der Waals surface area contributed by atoms with Crippen LogP contribution in [0.15, 0.2) is 47.4 Å². The number of carbonyl (C=O) groups is 1. The zero-order valence-corrected chi connectivity index (χ0v) is 12.5. The number of anilines is 1. The molecule has 0 aliphatic carbocycles. The van der Waals surface area contributed by atoms with Crippen LogP contribution in [-0.4, -0.2) is 10.5 Å². The third kappa shape index (κ3) is 3.80. The summed E-state index contributed by atoms with van der Waals surface area (Å²) in [6.07, 6.45) is -3.09. The Hall–Kier alpha value is -2.57. The van der Waals surface area contributed by atoms with Crippen molar-refractivity contribution in [1.29, 1.82) is 0 Å². The SMILES string of the molecule is Cc1ccc(=O)n(C(C)C(=O)Nc2ccccc2C(F)(F)F)c1. The Kier molecular flexibility index (Phi) is 4.58. The van der Waals surface area contributed by atoms with Gasteiger partial charge in [-0.25, -0.2) is 0 Å². The molecule has 0 bridgehead atoms. The van der Waals surface area contributed by atoms with Gasteiger partial charge >= 0.3 is 6.18 Å². The van der Waals surface area contributed by atoms with Crippen LogP contribution in [0.5, 0.6) is 0 Å². The molecule has 0 fully saturated rings. The van der Waals surface area contributed by atoms with Crippen LogP contribution in [0, 0.1) is 6.92 Å². The summed E-state index contributed by atoms with van der Waals surface area (Å²) in [5.74, 6) is -0.700. The van der Waals surface area contributed by atoms with E-state index in [9.17, 15) is 22.8 Å². The molecule has 0 aliphatic heterocycles. The van der Waals surface area contributed by atoms with E-state index < -0.39 is 29.2 Å². The van der Waals surface area contributed by atoms with E-state index in [1.807, 2.05) is 0 Å². The van der Waals surface area contributed by atoms with Crippen molar-refractivity contribution in [2.75, 3.05) is 5.32 Å². The monoisotopic (exact) mass is 324 g/mol. The van der Waals surface area contributed by atoms with Crippen molar-refractivity contribution in [2.45, 2.75) is 26.1 Å². The van der Waals surface area contributed by atoms with E-state index in [-0.39, 0.29) is 5.69 Å². The minimum absolute atomic E-state index is 0.336. The summed E-state index contributed by atoms with van der Waals surface area (Å²) in [6.45, 7) is 3.20. The van der Waals surface area contributed by atoms with Crippen molar-refractivity contribution in [3.05, 3.63) is 64.1 Å². The van der Waals surface area contributed by atoms with Gasteiger partial charge in [0.05, 0.1) is 11.3 Å². The van der Waals surface area contributed by atoms with Gasteiger partial charge in [-0.15, -0.1) is 0 Å². The van der Waals surface area contributed by atoms with E-state index in [2.05, 4.69) is 5.32 Å². The molecule has 2 rings (SSSR count). The fourth-order valence-electron chi connectivity index (χ4n) is 2.12. The van der Waals surface area contributed by atoms with Gasteiger partial charge in [-0.05, 0) is 31.5 Å². The Labute approximate surface area is 130 Å². The molecule has 4 nitrogen and oxygen atoms in total. The predicted molar refractivity (Wildman–Crippen MR) is 80.2 cm³/mol. The summed E-state index contributed by atoms with van der Waals surface area (Å²) in [6, 6.07) is 6.67. The number of aromatic nitrogens is 1. The summed E-state index contributed by atoms with van der Waals surface area (Å²) >= 11 is 0. The maximum absolute atomic E-state index is 12.9. The number of amides is 1. The van der Waals surface area contributed by atoms with Crippen LogP contribution in [0.4, 0.5) is 18.9 Å². The number of carbonyl (C=O) groups excluding carboxylic acids is 1. The van der Waals surface area contributed by atoms with Crippen LogP contribution in [0.25, 0.3) is 0 Å². The summed E-state index contributed by atoms with van der Waals surface area (Å²) in [4.78, 5) is 24.0. The number of hydrogen-bond donors (Lipinski definition) is 1. The van der Waals surface area contributed by atoms with E-state index in [1.54, 1.807) is 13.0 Å². The Bertz CT molecular complexity index is 781. The number of nitrogens with one attached hydrogen (secondary N) is 1. The van der Waals surface area contributed by atoms with Crippen LogP contribution in [0.3, 0.4) is 0 Å². The number of pyridine rings is 1. The number of hydrogen-bond acceptors (Lipinski definition) is 2. The van der Waals surface area contributed by atoms with Crippen molar-refractivity contribution in [2.24, 2.45) is 0 Å². The Morgan fingerprint density at radius 3 is 2.48 bits per heavy atom. The third-order valence-electron chi connectivity index (χ3n) is 3.37. The first-order valence-electron chi connectivity index (χ1n) is 6.86. The van der Waals surface area contributed by atoms with Gasteiger partial charge in [0.25, 0.3) is 5.56 Å². The maximum atomic E-state index is 12.9. The second-order valence-electron chi connectivity index (χ2n) is 5.16.